The number of aryl methyl sites for hydroxylation is 2. The van der Waals surface area contributed by atoms with Crippen LogP contribution in [0, 0.1) is 12.7 Å². The van der Waals surface area contributed by atoms with Gasteiger partial charge >= 0.3 is 0 Å². The molecule has 0 radical (unpaired) electrons. The van der Waals surface area contributed by atoms with Gasteiger partial charge in [-0.2, -0.15) is 0 Å². The Balaban J connectivity index is 0.00000135. The zero-order chi connectivity index (χ0) is 31.0. The van der Waals surface area contributed by atoms with Gasteiger partial charge < -0.3 is 19.9 Å². The number of aromatic nitrogens is 4. The molecule has 0 aliphatic heterocycles. The van der Waals surface area contributed by atoms with Gasteiger partial charge in [0.05, 0.1) is 23.1 Å². The van der Waals surface area contributed by atoms with Gasteiger partial charge in [-0.25, -0.2) is 27.8 Å². The molecule has 0 aliphatic carbocycles. The highest BCUT2D eigenvalue weighted by molar-refractivity contribution is 7.92. The highest BCUT2D eigenvalue weighted by Crippen LogP contribution is 2.26. The molecule has 43 heavy (non-hydrogen) atoms. The average molecular weight is 606 g/mol. The normalized spacial score (nSPS) is 11.2. The van der Waals surface area contributed by atoms with E-state index >= 15 is 0 Å². The monoisotopic (exact) mass is 605 g/mol. The lowest BCUT2D eigenvalue weighted by molar-refractivity contribution is -0.122. The Labute approximate surface area is 249 Å². The summed E-state index contributed by atoms with van der Waals surface area (Å²) in [6, 6.07) is 18.5. The SMILES string of the molecule is Cc1ccc(S(=O)(=O)Nc2ccc(Nc3cc(-c4ccc5c(c4)ncn5CCCN(C)C)ncn3)cc2)c(F)c1.O=CO. The van der Waals surface area contributed by atoms with E-state index in [9.17, 15) is 12.8 Å². The first-order valence-corrected chi connectivity index (χ1v) is 14.7. The number of nitrogens with zero attached hydrogens (tertiary/aromatic N) is 5. The van der Waals surface area contributed by atoms with E-state index in [0.29, 0.717) is 22.8 Å². The maximum absolute atomic E-state index is 14.2. The summed E-state index contributed by atoms with van der Waals surface area (Å²) >= 11 is 0. The van der Waals surface area contributed by atoms with Crippen LogP contribution in [0.2, 0.25) is 0 Å². The number of sulfonamides is 1. The van der Waals surface area contributed by atoms with Gasteiger partial charge in [0.1, 0.15) is 22.9 Å². The molecule has 3 aromatic carbocycles. The van der Waals surface area contributed by atoms with E-state index in [1.165, 1.54) is 18.5 Å². The third-order valence-electron chi connectivity index (χ3n) is 6.37. The van der Waals surface area contributed by atoms with Crippen LogP contribution in [0.15, 0.2) is 84.3 Å². The smallest absolute Gasteiger partial charge is 0.290 e. The summed E-state index contributed by atoms with van der Waals surface area (Å²) in [5.74, 6) is -0.216. The topological polar surface area (TPSA) is 142 Å². The van der Waals surface area contributed by atoms with Gasteiger partial charge in [0.2, 0.25) is 0 Å². The van der Waals surface area contributed by atoms with Gasteiger partial charge in [0, 0.05) is 29.5 Å². The molecule has 3 N–H and O–H groups in total. The fraction of sp³-hybridized carbons (Fsp3) is 0.200. The van der Waals surface area contributed by atoms with Crippen molar-refractivity contribution < 1.29 is 22.7 Å². The van der Waals surface area contributed by atoms with Crippen LogP contribution in [0.25, 0.3) is 22.3 Å². The van der Waals surface area contributed by atoms with Crippen molar-refractivity contribution in [3.8, 4) is 11.3 Å². The van der Waals surface area contributed by atoms with Crippen LogP contribution in [0.4, 0.5) is 21.6 Å². The molecule has 0 bridgehead atoms. The minimum absolute atomic E-state index is 0.250. The molecule has 0 saturated carbocycles. The summed E-state index contributed by atoms with van der Waals surface area (Å²) in [5.41, 5.74) is 5.29. The largest absolute Gasteiger partial charge is 0.483 e. The summed E-state index contributed by atoms with van der Waals surface area (Å²) in [5, 5.41) is 10.1. The number of imidazole rings is 1. The molecule has 0 unspecified atom stereocenters. The number of anilines is 3. The Morgan fingerprint density at radius 1 is 0.977 bits per heavy atom. The summed E-state index contributed by atoms with van der Waals surface area (Å²) in [6.45, 7) is 3.36. The van der Waals surface area contributed by atoms with E-state index in [4.69, 9.17) is 9.90 Å². The maximum Gasteiger partial charge on any atom is 0.290 e. The maximum atomic E-state index is 14.2. The first-order chi connectivity index (χ1) is 20.6. The van der Waals surface area contributed by atoms with Crippen molar-refractivity contribution in [2.45, 2.75) is 24.8 Å². The van der Waals surface area contributed by atoms with Crippen molar-refractivity contribution in [1.82, 2.24) is 24.4 Å². The number of carbonyl (C=O) groups is 1. The van der Waals surface area contributed by atoms with Crippen molar-refractivity contribution in [2.24, 2.45) is 0 Å². The molecule has 5 aromatic rings. The summed E-state index contributed by atoms with van der Waals surface area (Å²) in [6.07, 6.45) is 4.40. The Kier molecular flexibility index (Phi) is 10.0. The van der Waals surface area contributed by atoms with Crippen LogP contribution < -0.4 is 10.0 Å². The van der Waals surface area contributed by atoms with Gasteiger partial charge in [-0.15, -0.1) is 0 Å². The molecular weight excluding hydrogens is 573 g/mol. The van der Waals surface area contributed by atoms with Crippen LogP contribution >= 0.6 is 0 Å². The van der Waals surface area contributed by atoms with Crippen LogP contribution in [0.1, 0.15) is 12.0 Å². The second-order valence-electron chi connectivity index (χ2n) is 9.93. The van der Waals surface area contributed by atoms with E-state index in [1.54, 1.807) is 37.3 Å². The van der Waals surface area contributed by atoms with Gasteiger partial charge in [-0.3, -0.25) is 9.52 Å². The first-order valence-electron chi connectivity index (χ1n) is 13.3. The molecule has 2 aromatic heterocycles. The average Bonchev–Trinajstić information content (AvgIpc) is 3.36. The standard InChI is InChI=1S/C29H30FN7O2S.CH2O2/c1-20-5-12-28(24(30)15-20)40(38,39)35-23-9-7-22(8-10-23)34-29-17-25(31-18-32-29)21-6-11-27-26(16-21)33-19-37(27)14-4-13-36(2)3;2-1-3/h5-12,15-19,35H,4,13-14H2,1-3H3,(H,31,32,34);1H,(H,2,3). The van der Waals surface area contributed by atoms with E-state index in [1.807, 2.05) is 24.5 Å². The Bertz CT molecular complexity index is 1810. The predicted octanol–water partition coefficient (Wildman–Crippen LogP) is 5.14. The second kappa shape index (κ2) is 13.9. The first kappa shape index (κ1) is 31.1. The Morgan fingerprint density at radius 2 is 1.70 bits per heavy atom. The lowest BCUT2D eigenvalue weighted by Gasteiger charge is -2.11. The highest BCUT2D eigenvalue weighted by Gasteiger charge is 2.19. The van der Waals surface area contributed by atoms with Crippen molar-refractivity contribution in [3.63, 3.8) is 0 Å². The molecule has 5 rings (SSSR count). The van der Waals surface area contributed by atoms with E-state index < -0.39 is 20.7 Å². The van der Waals surface area contributed by atoms with Gasteiger partial charge in [-0.1, -0.05) is 12.1 Å². The van der Waals surface area contributed by atoms with Gasteiger partial charge in [0.15, 0.2) is 0 Å². The highest BCUT2D eigenvalue weighted by atomic mass is 32.2. The van der Waals surface area contributed by atoms with E-state index in [0.717, 1.165) is 41.8 Å². The number of fused-ring (bicyclic) bond motifs is 1. The number of hydrogen-bond acceptors (Lipinski definition) is 8. The molecule has 2 heterocycles. The number of hydrogen-bond donors (Lipinski definition) is 3. The minimum atomic E-state index is -4.07. The lowest BCUT2D eigenvalue weighted by Crippen LogP contribution is -2.14. The van der Waals surface area contributed by atoms with E-state index in [-0.39, 0.29) is 6.47 Å². The molecule has 224 valence electrons. The summed E-state index contributed by atoms with van der Waals surface area (Å²) in [4.78, 5) is 23.5. The zero-order valence-electron chi connectivity index (χ0n) is 23.9. The third kappa shape index (κ3) is 8.11. The predicted molar refractivity (Wildman–Crippen MR) is 164 cm³/mol. The molecule has 13 heteroatoms. The van der Waals surface area contributed by atoms with Crippen LogP contribution in [0.5, 0.6) is 0 Å². The summed E-state index contributed by atoms with van der Waals surface area (Å²) < 4.78 is 44.1. The number of rotatable bonds is 10. The Hall–Kier alpha value is -4.88. The molecule has 0 atom stereocenters. The van der Waals surface area contributed by atoms with Crippen molar-refractivity contribution in [3.05, 3.63) is 90.8 Å². The molecule has 0 fully saturated rings. The fourth-order valence-electron chi connectivity index (χ4n) is 4.35. The molecule has 0 amide bonds. The Morgan fingerprint density at radius 3 is 2.40 bits per heavy atom. The molecular formula is C30H32FN7O4S. The van der Waals surface area contributed by atoms with Crippen molar-refractivity contribution >= 4 is 44.7 Å². The molecule has 11 nitrogen and oxygen atoms in total. The van der Waals surface area contributed by atoms with Crippen LogP contribution in [0.3, 0.4) is 0 Å². The molecule has 0 aliphatic rings. The van der Waals surface area contributed by atoms with Gasteiger partial charge in [-0.05, 0) is 88.1 Å². The third-order valence-corrected chi connectivity index (χ3v) is 7.79. The van der Waals surface area contributed by atoms with Gasteiger partial charge in [0.25, 0.3) is 16.5 Å². The minimum Gasteiger partial charge on any atom is -0.483 e. The lowest BCUT2D eigenvalue weighted by atomic mass is 10.1. The number of carboxylic acid groups (broad SMARTS) is 1. The number of benzene rings is 3. The van der Waals surface area contributed by atoms with Crippen LogP contribution in [-0.4, -0.2) is 65.1 Å². The number of nitrogens with one attached hydrogen (secondary N) is 2. The summed E-state index contributed by atoms with van der Waals surface area (Å²) in [7, 11) is 0.0711. The molecule has 0 saturated heterocycles. The fourth-order valence-corrected chi connectivity index (χ4v) is 5.46. The zero-order valence-corrected chi connectivity index (χ0v) is 24.7. The number of halogens is 1. The van der Waals surface area contributed by atoms with Crippen LogP contribution in [-0.2, 0) is 21.4 Å². The van der Waals surface area contributed by atoms with E-state index in [2.05, 4.69) is 54.6 Å². The second-order valence-corrected chi connectivity index (χ2v) is 11.6. The quantitative estimate of drug-likeness (QED) is 0.185. The van der Waals surface area contributed by atoms with Crippen molar-refractivity contribution in [2.75, 3.05) is 30.7 Å². The molecule has 0 spiro atoms. The van der Waals surface area contributed by atoms with Crippen molar-refractivity contribution in [1.29, 1.82) is 0 Å².